The van der Waals surface area contributed by atoms with Gasteiger partial charge in [-0.25, -0.2) is 0 Å². The number of guanidine groups is 1. The number of ether oxygens (including phenoxy) is 1. The molecule has 0 aliphatic heterocycles. The molecule has 0 aromatic carbocycles. The number of aliphatic imine (C=N–C) groups is 1. The van der Waals surface area contributed by atoms with Crippen molar-refractivity contribution in [1.29, 1.82) is 0 Å². The first-order valence-corrected chi connectivity index (χ1v) is 8.91. The van der Waals surface area contributed by atoms with Gasteiger partial charge in [0.1, 0.15) is 0 Å². The van der Waals surface area contributed by atoms with E-state index in [1.807, 2.05) is 18.8 Å². The maximum atomic E-state index is 5.28. The molecule has 1 aliphatic carbocycles. The normalized spacial score (nSPS) is 19.0. The van der Waals surface area contributed by atoms with Crippen LogP contribution in [0.2, 0.25) is 0 Å². The fraction of sp³-hybridized carbons (Fsp3) is 0.933. The molecule has 21 heavy (non-hydrogen) atoms. The lowest BCUT2D eigenvalue weighted by Crippen LogP contribution is -2.44. The van der Waals surface area contributed by atoms with E-state index in [1.54, 1.807) is 7.11 Å². The lowest BCUT2D eigenvalue weighted by molar-refractivity contribution is 0.138. The maximum absolute atomic E-state index is 5.28. The SMILES string of the molecule is CN=C(NCC(C)SC)NCC1(CCOC)CCCC1.I. The van der Waals surface area contributed by atoms with Gasteiger partial charge >= 0.3 is 0 Å². The Bertz CT molecular complexity index is 297. The van der Waals surface area contributed by atoms with Crippen LogP contribution in [0.3, 0.4) is 0 Å². The molecule has 0 amide bonds. The zero-order valence-corrected chi connectivity index (χ0v) is 17.1. The second kappa shape index (κ2) is 11.8. The highest BCUT2D eigenvalue weighted by Crippen LogP contribution is 2.40. The predicted octanol–water partition coefficient (Wildman–Crippen LogP) is 3.12. The lowest BCUT2D eigenvalue weighted by atomic mass is 9.83. The van der Waals surface area contributed by atoms with Gasteiger partial charge in [-0.1, -0.05) is 19.8 Å². The molecule has 0 heterocycles. The topological polar surface area (TPSA) is 45.7 Å². The predicted molar refractivity (Wildman–Crippen MR) is 105 cm³/mol. The van der Waals surface area contributed by atoms with Crippen LogP contribution in [0.15, 0.2) is 4.99 Å². The van der Waals surface area contributed by atoms with Crippen molar-refractivity contribution in [2.75, 3.05) is 40.1 Å². The molecule has 4 nitrogen and oxygen atoms in total. The van der Waals surface area contributed by atoms with Gasteiger partial charge in [0.25, 0.3) is 0 Å². The molecule has 0 saturated heterocycles. The summed E-state index contributed by atoms with van der Waals surface area (Å²) in [6.07, 6.45) is 8.60. The van der Waals surface area contributed by atoms with E-state index >= 15 is 0 Å². The number of hydrogen-bond donors (Lipinski definition) is 2. The molecule has 0 aromatic rings. The van der Waals surface area contributed by atoms with E-state index in [0.29, 0.717) is 10.7 Å². The summed E-state index contributed by atoms with van der Waals surface area (Å²) in [5, 5.41) is 7.52. The van der Waals surface area contributed by atoms with E-state index in [4.69, 9.17) is 4.74 Å². The van der Waals surface area contributed by atoms with Crippen molar-refractivity contribution in [2.45, 2.75) is 44.3 Å². The molecule has 0 spiro atoms. The third-order valence-electron chi connectivity index (χ3n) is 4.31. The third-order valence-corrected chi connectivity index (χ3v) is 5.29. The minimum absolute atomic E-state index is 0. The first kappa shape index (κ1) is 21.3. The van der Waals surface area contributed by atoms with Crippen LogP contribution in [0.5, 0.6) is 0 Å². The molecule has 126 valence electrons. The zero-order valence-electron chi connectivity index (χ0n) is 13.9. The number of halogens is 1. The monoisotopic (exact) mass is 429 g/mol. The number of thioether (sulfide) groups is 1. The van der Waals surface area contributed by atoms with Crippen LogP contribution in [0.1, 0.15) is 39.0 Å². The van der Waals surface area contributed by atoms with E-state index in [9.17, 15) is 0 Å². The summed E-state index contributed by atoms with van der Waals surface area (Å²) in [6.45, 7) is 5.04. The third kappa shape index (κ3) is 7.93. The summed E-state index contributed by atoms with van der Waals surface area (Å²) in [5.41, 5.74) is 0.402. The number of methoxy groups -OCH3 is 1. The van der Waals surface area contributed by atoms with E-state index in [2.05, 4.69) is 28.8 Å². The Balaban J connectivity index is 0.00000400. The second-order valence-corrected chi connectivity index (χ2v) is 7.08. The molecule has 2 N–H and O–H groups in total. The van der Waals surface area contributed by atoms with Crippen LogP contribution in [0.4, 0.5) is 0 Å². The number of hydrogen-bond acceptors (Lipinski definition) is 3. The average Bonchev–Trinajstić information content (AvgIpc) is 2.94. The Kier molecular flexibility index (Phi) is 12.0. The van der Waals surface area contributed by atoms with Crippen LogP contribution < -0.4 is 10.6 Å². The van der Waals surface area contributed by atoms with Gasteiger partial charge in [-0.15, -0.1) is 24.0 Å². The Morgan fingerprint density at radius 1 is 1.33 bits per heavy atom. The minimum Gasteiger partial charge on any atom is -0.385 e. The van der Waals surface area contributed by atoms with Gasteiger partial charge in [0.2, 0.25) is 0 Å². The highest BCUT2D eigenvalue weighted by molar-refractivity contribution is 14.0. The van der Waals surface area contributed by atoms with E-state index < -0.39 is 0 Å². The van der Waals surface area contributed by atoms with Gasteiger partial charge in [0.15, 0.2) is 5.96 Å². The van der Waals surface area contributed by atoms with Crippen molar-refractivity contribution >= 4 is 41.7 Å². The molecule has 1 fully saturated rings. The quantitative estimate of drug-likeness (QED) is 0.354. The summed E-state index contributed by atoms with van der Waals surface area (Å²) in [5.74, 6) is 0.926. The molecule has 0 radical (unpaired) electrons. The summed E-state index contributed by atoms with van der Waals surface area (Å²) in [6, 6.07) is 0. The molecule has 1 rings (SSSR count). The van der Waals surface area contributed by atoms with Crippen LogP contribution in [0, 0.1) is 5.41 Å². The molecule has 0 bridgehead atoms. The first-order valence-electron chi connectivity index (χ1n) is 7.62. The van der Waals surface area contributed by atoms with Gasteiger partial charge in [0.05, 0.1) is 0 Å². The fourth-order valence-corrected chi connectivity index (χ4v) is 3.02. The van der Waals surface area contributed by atoms with Gasteiger partial charge < -0.3 is 15.4 Å². The second-order valence-electron chi connectivity index (χ2n) is 5.80. The van der Waals surface area contributed by atoms with Crippen molar-refractivity contribution in [3.8, 4) is 0 Å². The van der Waals surface area contributed by atoms with E-state index in [-0.39, 0.29) is 24.0 Å². The van der Waals surface area contributed by atoms with Crippen molar-refractivity contribution < 1.29 is 4.74 Å². The van der Waals surface area contributed by atoms with Crippen molar-refractivity contribution in [1.82, 2.24) is 10.6 Å². The lowest BCUT2D eigenvalue weighted by Gasteiger charge is -2.30. The van der Waals surface area contributed by atoms with E-state index in [1.165, 1.54) is 25.7 Å². The Morgan fingerprint density at radius 3 is 2.52 bits per heavy atom. The standard InChI is InChI=1S/C15H31N3OS.HI/c1-13(20-4)11-17-14(16-2)18-12-15(9-10-19-3)7-5-6-8-15;/h13H,5-12H2,1-4H3,(H2,16,17,18);1H. The van der Waals surface area contributed by atoms with Crippen molar-refractivity contribution in [3.05, 3.63) is 0 Å². The van der Waals surface area contributed by atoms with Gasteiger partial charge in [0, 0.05) is 39.1 Å². The number of nitrogens with one attached hydrogen (secondary N) is 2. The van der Waals surface area contributed by atoms with Crippen LogP contribution in [-0.4, -0.2) is 51.3 Å². The molecule has 1 aliphatic rings. The molecule has 0 aromatic heterocycles. The number of rotatable bonds is 8. The summed E-state index contributed by atoms with van der Waals surface area (Å²) in [4.78, 5) is 4.32. The highest BCUT2D eigenvalue weighted by atomic mass is 127. The molecule has 1 atom stereocenters. The minimum atomic E-state index is 0. The highest BCUT2D eigenvalue weighted by Gasteiger charge is 2.33. The summed E-state index contributed by atoms with van der Waals surface area (Å²) in [7, 11) is 3.63. The summed E-state index contributed by atoms with van der Waals surface area (Å²) < 4.78 is 5.28. The molecular weight excluding hydrogens is 397 g/mol. The number of nitrogens with zero attached hydrogens (tertiary/aromatic N) is 1. The molecule has 1 unspecified atom stereocenters. The average molecular weight is 429 g/mol. The zero-order chi connectivity index (χ0) is 14.8. The Labute approximate surface area is 151 Å². The van der Waals surface area contributed by atoms with Crippen LogP contribution in [0.25, 0.3) is 0 Å². The first-order chi connectivity index (χ1) is 9.65. The van der Waals surface area contributed by atoms with Gasteiger partial charge in [-0.2, -0.15) is 11.8 Å². The summed E-state index contributed by atoms with van der Waals surface area (Å²) >= 11 is 1.87. The Morgan fingerprint density at radius 2 is 2.00 bits per heavy atom. The molecule has 1 saturated carbocycles. The Hall–Kier alpha value is 0.310. The maximum Gasteiger partial charge on any atom is 0.191 e. The molecular formula is C15H32IN3OS. The van der Waals surface area contributed by atoms with Crippen molar-refractivity contribution in [2.24, 2.45) is 10.4 Å². The smallest absolute Gasteiger partial charge is 0.191 e. The largest absolute Gasteiger partial charge is 0.385 e. The van der Waals surface area contributed by atoms with Crippen molar-refractivity contribution in [3.63, 3.8) is 0 Å². The van der Waals surface area contributed by atoms with Gasteiger partial charge in [-0.3, -0.25) is 4.99 Å². The molecule has 6 heteroatoms. The fourth-order valence-electron chi connectivity index (χ4n) is 2.77. The van der Waals surface area contributed by atoms with Crippen LogP contribution >= 0.6 is 35.7 Å². The van der Waals surface area contributed by atoms with E-state index in [0.717, 1.165) is 32.1 Å². The van der Waals surface area contributed by atoms with Gasteiger partial charge in [-0.05, 0) is 30.9 Å². The van der Waals surface area contributed by atoms with Crippen LogP contribution in [-0.2, 0) is 4.74 Å².